The number of aliphatic imine (C=N–C) groups is 1. The van der Waals surface area contributed by atoms with Gasteiger partial charge in [-0.15, -0.1) is 0 Å². The lowest BCUT2D eigenvalue weighted by molar-refractivity contribution is 1.44. The van der Waals surface area contributed by atoms with Gasteiger partial charge >= 0.3 is 0 Å². The average molecular weight is 300 g/mol. The molecule has 0 bridgehead atoms. The van der Waals surface area contributed by atoms with E-state index in [2.05, 4.69) is 52.1 Å². The van der Waals surface area contributed by atoms with Crippen LogP contribution in [0, 0.1) is 6.92 Å². The van der Waals surface area contributed by atoms with Crippen molar-refractivity contribution < 1.29 is 0 Å². The SMILES string of the molecule is Cc1ccc(N=C/C(Br)=C\c2ccccc2)cc1. The Hall–Kier alpha value is -1.67. The van der Waals surface area contributed by atoms with Gasteiger partial charge in [0, 0.05) is 10.7 Å². The molecule has 0 aliphatic rings. The zero-order valence-corrected chi connectivity index (χ0v) is 11.8. The van der Waals surface area contributed by atoms with Crippen LogP contribution < -0.4 is 0 Å². The van der Waals surface area contributed by atoms with Crippen molar-refractivity contribution in [3.8, 4) is 0 Å². The highest BCUT2D eigenvalue weighted by atomic mass is 79.9. The summed E-state index contributed by atoms with van der Waals surface area (Å²) >= 11 is 3.50. The molecule has 0 heterocycles. The fourth-order valence-electron chi connectivity index (χ4n) is 1.51. The van der Waals surface area contributed by atoms with E-state index in [9.17, 15) is 0 Å². The van der Waals surface area contributed by atoms with E-state index in [1.807, 2.05) is 42.6 Å². The number of halogens is 1. The maximum atomic E-state index is 4.40. The first-order chi connectivity index (χ1) is 8.74. The van der Waals surface area contributed by atoms with Gasteiger partial charge in [0.05, 0.1) is 5.69 Å². The van der Waals surface area contributed by atoms with Gasteiger partial charge in [0.1, 0.15) is 0 Å². The van der Waals surface area contributed by atoms with E-state index in [1.54, 1.807) is 0 Å². The molecule has 1 nitrogen and oxygen atoms in total. The number of allylic oxidation sites excluding steroid dienone is 1. The summed E-state index contributed by atoms with van der Waals surface area (Å²) in [5, 5.41) is 0. The summed E-state index contributed by atoms with van der Waals surface area (Å²) in [6.07, 6.45) is 3.86. The lowest BCUT2D eigenvalue weighted by atomic mass is 10.2. The first kappa shape index (κ1) is 12.8. The summed E-state index contributed by atoms with van der Waals surface area (Å²) in [4.78, 5) is 4.40. The summed E-state index contributed by atoms with van der Waals surface area (Å²) in [6, 6.07) is 18.3. The highest BCUT2D eigenvalue weighted by Gasteiger charge is 1.90. The second-order valence-electron chi connectivity index (χ2n) is 4.03. The molecule has 90 valence electrons. The predicted octanol–water partition coefficient (Wildman–Crippen LogP) is 5.13. The first-order valence-electron chi connectivity index (χ1n) is 5.77. The van der Waals surface area contributed by atoms with Crippen LogP contribution in [0.4, 0.5) is 5.69 Å². The van der Waals surface area contributed by atoms with Gasteiger partial charge in [0.2, 0.25) is 0 Å². The minimum atomic E-state index is 0.953. The van der Waals surface area contributed by atoms with E-state index in [0.717, 1.165) is 15.7 Å². The van der Waals surface area contributed by atoms with Crippen molar-refractivity contribution in [1.29, 1.82) is 0 Å². The number of aryl methyl sites for hydroxylation is 1. The fourth-order valence-corrected chi connectivity index (χ4v) is 1.88. The Morgan fingerprint density at radius 1 is 1.00 bits per heavy atom. The normalized spacial score (nSPS) is 12.0. The Morgan fingerprint density at radius 3 is 2.33 bits per heavy atom. The number of rotatable bonds is 3. The van der Waals surface area contributed by atoms with Gasteiger partial charge in [0.15, 0.2) is 0 Å². The van der Waals surface area contributed by atoms with Gasteiger partial charge in [-0.3, -0.25) is 4.99 Å². The third kappa shape index (κ3) is 3.97. The van der Waals surface area contributed by atoms with Gasteiger partial charge in [-0.25, -0.2) is 0 Å². The Kier molecular flexibility index (Phi) is 4.48. The molecule has 2 aromatic carbocycles. The Labute approximate surface area is 116 Å². The van der Waals surface area contributed by atoms with Gasteiger partial charge < -0.3 is 0 Å². The molecular weight excluding hydrogens is 286 g/mol. The molecule has 0 spiro atoms. The second-order valence-corrected chi connectivity index (χ2v) is 4.95. The zero-order chi connectivity index (χ0) is 12.8. The maximum absolute atomic E-state index is 4.40. The van der Waals surface area contributed by atoms with Crippen molar-refractivity contribution >= 4 is 33.9 Å². The number of benzene rings is 2. The van der Waals surface area contributed by atoms with Crippen LogP contribution in [0.25, 0.3) is 6.08 Å². The van der Waals surface area contributed by atoms with E-state index < -0.39 is 0 Å². The molecule has 0 aliphatic carbocycles. The molecular formula is C16H14BrN. The molecule has 0 atom stereocenters. The van der Waals surface area contributed by atoms with Crippen LogP contribution in [-0.4, -0.2) is 6.21 Å². The number of nitrogens with zero attached hydrogens (tertiary/aromatic N) is 1. The van der Waals surface area contributed by atoms with E-state index in [0.29, 0.717) is 0 Å². The monoisotopic (exact) mass is 299 g/mol. The average Bonchev–Trinajstić information content (AvgIpc) is 2.39. The summed E-state index contributed by atoms with van der Waals surface area (Å²) in [5.74, 6) is 0. The lowest BCUT2D eigenvalue weighted by Gasteiger charge is -1.95. The smallest absolute Gasteiger partial charge is 0.0630 e. The minimum Gasteiger partial charge on any atom is -0.256 e. The molecule has 0 aliphatic heterocycles. The van der Waals surface area contributed by atoms with Crippen LogP contribution in [0.3, 0.4) is 0 Å². The van der Waals surface area contributed by atoms with Crippen LogP contribution >= 0.6 is 15.9 Å². The third-order valence-corrected chi connectivity index (χ3v) is 2.91. The highest BCUT2D eigenvalue weighted by molar-refractivity contribution is 9.12. The van der Waals surface area contributed by atoms with Crippen LogP contribution in [0.1, 0.15) is 11.1 Å². The van der Waals surface area contributed by atoms with Crippen LogP contribution in [0.15, 0.2) is 64.1 Å². The molecule has 0 fully saturated rings. The molecule has 0 saturated carbocycles. The number of hydrogen-bond donors (Lipinski definition) is 0. The van der Waals surface area contributed by atoms with E-state index >= 15 is 0 Å². The third-order valence-electron chi connectivity index (χ3n) is 2.48. The molecule has 0 unspecified atom stereocenters. The van der Waals surface area contributed by atoms with Crippen molar-refractivity contribution in [3.05, 3.63) is 70.2 Å². The van der Waals surface area contributed by atoms with Crippen molar-refractivity contribution in [2.24, 2.45) is 4.99 Å². The summed E-state index contributed by atoms with van der Waals surface area (Å²) in [7, 11) is 0. The van der Waals surface area contributed by atoms with Crippen molar-refractivity contribution in [1.82, 2.24) is 0 Å². The fraction of sp³-hybridized carbons (Fsp3) is 0.0625. The van der Waals surface area contributed by atoms with Gasteiger partial charge in [-0.2, -0.15) is 0 Å². The van der Waals surface area contributed by atoms with Crippen LogP contribution in [-0.2, 0) is 0 Å². The summed E-state index contributed by atoms with van der Waals surface area (Å²) in [5.41, 5.74) is 3.35. The van der Waals surface area contributed by atoms with Gasteiger partial charge in [-0.05, 0) is 46.6 Å². The predicted molar refractivity (Wildman–Crippen MR) is 82.7 cm³/mol. The Balaban J connectivity index is 2.09. The molecule has 0 radical (unpaired) electrons. The molecule has 0 saturated heterocycles. The Bertz CT molecular complexity index is 553. The van der Waals surface area contributed by atoms with Crippen molar-refractivity contribution in [3.63, 3.8) is 0 Å². The molecule has 2 aromatic rings. The van der Waals surface area contributed by atoms with Crippen molar-refractivity contribution in [2.45, 2.75) is 6.92 Å². The van der Waals surface area contributed by atoms with E-state index in [-0.39, 0.29) is 0 Å². The second kappa shape index (κ2) is 6.31. The standard InChI is InChI=1S/C16H14BrN/c1-13-7-9-16(10-8-13)18-12-15(17)11-14-5-3-2-4-6-14/h2-12H,1H3/b15-11+,18-12?. The van der Waals surface area contributed by atoms with Crippen LogP contribution in [0.2, 0.25) is 0 Å². The van der Waals surface area contributed by atoms with Crippen molar-refractivity contribution in [2.75, 3.05) is 0 Å². The molecule has 2 heteroatoms. The molecule has 18 heavy (non-hydrogen) atoms. The quantitative estimate of drug-likeness (QED) is 0.696. The first-order valence-corrected chi connectivity index (χ1v) is 6.56. The summed E-state index contributed by atoms with van der Waals surface area (Å²) in [6.45, 7) is 2.07. The van der Waals surface area contributed by atoms with Gasteiger partial charge in [-0.1, -0.05) is 48.0 Å². The number of hydrogen-bond acceptors (Lipinski definition) is 1. The Morgan fingerprint density at radius 2 is 1.67 bits per heavy atom. The maximum Gasteiger partial charge on any atom is 0.0630 e. The highest BCUT2D eigenvalue weighted by Crippen LogP contribution is 2.15. The topological polar surface area (TPSA) is 12.4 Å². The van der Waals surface area contributed by atoms with Gasteiger partial charge in [0.25, 0.3) is 0 Å². The molecule has 0 N–H and O–H groups in total. The molecule has 0 amide bonds. The van der Waals surface area contributed by atoms with E-state index in [1.165, 1.54) is 5.56 Å². The zero-order valence-electron chi connectivity index (χ0n) is 10.2. The summed E-state index contributed by atoms with van der Waals surface area (Å²) < 4.78 is 0.953. The largest absolute Gasteiger partial charge is 0.256 e. The van der Waals surface area contributed by atoms with Crippen LogP contribution in [0.5, 0.6) is 0 Å². The molecule has 0 aromatic heterocycles. The minimum absolute atomic E-state index is 0.953. The lowest BCUT2D eigenvalue weighted by Crippen LogP contribution is -1.76. The van der Waals surface area contributed by atoms with E-state index in [4.69, 9.17) is 0 Å². The molecule has 2 rings (SSSR count).